The fourth-order valence-corrected chi connectivity index (χ4v) is 1.71. The van der Waals surface area contributed by atoms with Gasteiger partial charge in [0.15, 0.2) is 0 Å². The monoisotopic (exact) mass is 309 g/mol. The third kappa shape index (κ3) is 3.94. The van der Waals surface area contributed by atoms with Gasteiger partial charge in [0.2, 0.25) is 5.91 Å². The van der Waals surface area contributed by atoms with E-state index in [1.54, 1.807) is 18.2 Å². The highest BCUT2D eigenvalue weighted by molar-refractivity contribution is 5.86. The van der Waals surface area contributed by atoms with Crippen LogP contribution in [0.1, 0.15) is 20.3 Å². The number of carbonyl (C=O) groups is 2. The number of nitro groups is 1. The van der Waals surface area contributed by atoms with Crippen LogP contribution in [-0.2, 0) is 9.59 Å². The molecule has 120 valence electrons. The molecule has 8 heteroatoms. The Bertz CT molecular complexity index is 586. The van der Waals surface area contributed by atoms with E-state index in [1.807, 2.05) is 0 Å². The molecule has 0 saturated heterocycles. The molecule has 0 atom stereocenters. The highest BCUT2D eigenvalue weighted by Gasteiger charge is 2.34. The summed E-state index contributed by atoms with van der Waals surface area (Å²) in [4.78, 5) is 34.6. The molecule has 1 rings (SSSR count). The van der Waals surface area contributed by atoms with Gasteiger partial charge in [0, 0.05) is 26.1 Å². The number of nitrogens with one attached hydrogen (secondary N) is 1. The first-order chi connectivity index (χ1) is 10.2. The number of carboxylic acid groups (broad SMARTS) is 1. The van der Waals surface area contributed by atoms with E-state index in [0.29, 0.717) is 5.69 Å². The van der Waals surface area contributed by atoms with Crippen LogP contribution >= 0.6 is 0 Å². The van der Waals surface area contributed by atoms with Crippen molar-refractivity contribution in [3.63, 3.8) is 0 Å². The highest BCUT2D eigenvalue weighted by Crippen LogP contribution is 2.23. The minimum absolute atomic E-state index is 0.0270. The van der Waals surface area contributed by atoms with Crippen molar-refractivity contribution in [2.45, 2.75) is 25.8 Å². The Labute approximate surface area is 127 Å². The number of para-hydroxylation sites is 2. The van der Waals surface area contributed by atoms with Gasteiger partial charge in [-0.05, 0) is 19.9 Å². The van der Waals surface area contributed by atoms with Crippen molar-refractivity contribution in [2.24, 2.45) is 0 Å². The molecule has 1 amide bonds. The lowest BCUT2D eigenvalue weighted by Gasteiger charge is -2.31. The maximum absolute atomic E-state index is 12.0. The van der Waals surface area contributed by atoms with E-state index in [-0.39, 0.29) is 24.6 Å². The molecule has 0 bridgehead atoms. The Morgan fingerprint density at radius 3 is 2.50 bits per heavy atom. The van der Waals surface area contributed by atoms with Crippen LogP contribution in [0.15, 0.2) is 24.3 Å². The second-order valence-corrected chi connectivity index (χ2v) is 5.27. The van der Waals surface area contributed by atoms with E-state index >= 15 is 0 Å². The minimum atomic E-state index is -1.31. The molecule has 8 nitrogen and oxygen atoms in total. The zero-order chi connectivity index (χ0) is 16.9. The van der Waals surface area contributed by atoms with E-state index in [1.165, 1.54) is 27.0 Å². The van der Waals surface area contributed by atoms with Crippen LogP contribution in [0.5, 0.6) is 0 Å². The third-order valence-corrected chi connectivity index (χ3v) is 3.49. The van der Waals surface area contributed by atoms with Crippen molar-refractivity contribution in [2.75, 3.05) is 18.9 Å². The number of likely N-dealkylation sites (N-methyl/N-ethyl adjacent to an activating group) is 1. The van der Waals surface area contributed by atoms with Gasteiger partial charge in [0.05, 0.1) is 4.92 Å². The number of aliphatic carboxylic acids is 1. The van der Waals surface area contributed by atoms with Crippen LogP contribution in [-0.4, -0.2) is 45.9 Å². The summed E-state index contributed by atoms with van der Waals surface area (Å²) in [5.74, 6) is -1.46. The Morgan fingerprint density at radius 2 is 1.95 bits per heavy atom. The second-order valence-electron chi connectivity index (χ2n) is 5.27. The Hall–Kier alpha value is -2.64. The van der Waals surface area contributed by atoms with Crippen molar-refractivity contribution < 1.29 is 19.6 Å². The molecule has 0 radical (unpaired) electrons. The highest BCUT2D eigenvalue weighted by atomic mass is 16.6. The molecule has 0 unspecified atom stereocenters. The number of nitro benzene ring substituents is 1. The van der Waals surface area contributed by atoms with E-state index < -0.39 is 16.4 Å². The van der Waals surface area contributed by atoms with Gasteiger partial charge in [0.1, 0.15) is 11.2 Å². The summed E-state index contributed by atoms with van der Waals surface area (Å²) >= 11 is 0. The standard InChI is InChI=1S/C14H19N3O5/c1-14(2,13(19)20)16(3)12(18)8-9-15-10-6-4-5-7-11(10)17(21)22/h4-7,15H,8-9H2,1-3H3,(H,19,20). The largest absolute Gasteiger partial charge is 0.480 e. The lowest BCUT2D eigenvalue weighted by atomic mass is 10.0. The average molecular weight is 309 g/mol. The summed E-state index contributed by atoms with van der Waals surface area (Å²) in [6, 6.07) is 6.12. The number of anilines is 1. The van der Waals surface area contributed by atoms with Crippen molar-refractivity contribution in [3.05, 3.63) is 34.4 Å². The van der Waals surface area contributed by atoms with Crippen LogP contribution in [0.25, 0.3) is 0 Å². The molecular weight excluding hydrogens is 290 g/mol. The second kappa shape index (κ2) is 6.88. The Kier molecular flexibility index (Phi) is 5.44. The molecule has 0 aliphatic carbocycles. The normalized spacial score (nSPS) is 10.9. The summed E-state index contributed by atoms with van der Waals surface area (Å²) < 4.78 is 0. The minimum Gasteiger partial charge on any atom is -0.480 e. The van der Waals surface area contributed by atoms with Gasteiger partial charge >= 0.3 is 5.97 Å². The van der Waals surface area contributed by atoms with Gasteiger partial charge < -0.3 is 15.3 Å². The summed E-state index contributed by atoms with van der Waals surface area (Å²) in [7, 11) is 1.42. The molecule has 0 heterocycles. The summed E-state index contributed by atoms with van der Waals surface area (Å²) in [5.41, 5.74) is -1.06. The molecule has 1 aromatic carbocycles. The van der Waals surface area contributed by atoms with Gasteiger partial charge in [0.25, 0.3) is 5.69 Å². The smallest absolute Gasteiger partial charge is 0.329 e. The van der Waals surface area contributed by atoms with Crippen LogP contribution in [0, 0.1) is 10.1 Å². The van der Waals surface area contributed by atoms with E-state index in [4.69, 9.17) is 5.11 Å². The number of hydrogen-bond acceptors (Lipinski definition) is 5. The molecule has 0 aliphatic rings. The van der Waals surface area contributed by atoms with Crippen LogP contribution in [0.4, 0.5) is 11.4 Å². The first-order valence-corrected chi connectivity index (χ1v) is 6.65. The maximum atomic E-state index is 12.0. The van der Waals surface area contributed by atoms with Crippen molar-refractivity contribution >= 4 is 23.3 Å². The number of rotatable bonds is 7. The number of amides is 1. The summed E-state index contributed by atoms with van der Waals surface area (Å²) in [5, 5.41) is 22.8. The van der Waals surface area contributed by atoms with Crippen LogP contribution < -0.4 is 5.32 Å². The molecule has 0 aliphatic heterocycles. The van der Waals surface area contributed by atoms with Gasteiger partial charge in [-0.1, -0.05) is 12.1 Å². The first-order valence-electron chi connectivity index (χ1n) is 6.65. The topological polar surface area (TPSA) is 113 Å². The number of benzene rings is 1. The lowest BCUT2D eigenvalue weighted by Crippen LogP contribution is -2.51. The molecule has 0 spiro atoms. The molecule has 1 aromatic rings. The van der Waals surface area contributed by atoms with E-state index in [9.17, 15) is 19.7 Å². The first kappa shape index (κ1) is 17.4. The number of nitrogens with zero attached hydrogens (tertiary/aromatic N) is 2. The van der Waals surface area contributed by atoms with E-state index in [2.05, 4.69) is 5.32 Å². The van der Waals surface area contributed by atoms with Crippen molar-refractivity contribution in [1.82, 2.24) is 4.90 Å². The molecule has 0 aromatic heterocycles. The Morgan fingerprint density at radius 1 is 1.36 bits per heavy atom. The third-order valence-electron chi connectivity index (χ3n) is 3.49. The van der Waals surface area contributed by atoms with Gasteiger partial charge in [-0.15, -0.1) is 0 Å². The number of hydrogen-bond donors (Lipinski definition) is 2. The van der Waals surface area contributed by atoms with Gasteiger partial charge in [-0.2, -0.15) is 0 Å². The summed E-state index contributed by atoms with van der Waals surface area (Å²) in [6.07, 6.45) is 0.0270. The number of carboxylic acids is 1. The quantitative estimate of drug-likeness (QED) is 0.585. The lowest BCUT2D eigenvalue weighted by molar-refractivity contribution is -0.384. The zero-order valence-electron chi connectivity index (χ0n) is 12.7. The fraction of sp³-hybridized carbons (Fsp3) is 0.429. The molecule has 0 fully saturated rings. The van der Waals surface area contributed by atoms with Crippen molar-refractivity contribution in [1.29, 1.82) is 0 Å². The van der Waals surface area contributed by atoms with E-state index in [0.717, 1.165) is 4.90 Å². The summed E-state index contributed by atoms with van der Waals surface area (Å²) in [6.45, 7) is 3.04. The molecule has 0 saturated carbocycles. The molecule has 2 N–H and O–H groups in total. The SMILES string of the molecule is CN(C(=O)CCNc1ccccc1[N+](=O)[O-])C(C)(C)C(=O)O. The maximum Gasteiger partial charge on any atom is 0.329 e. The van der Waals surface area contributed by atoms with Crippen molar-refractivity contribution in [3.8, 4) is 0 Å². The Balaban J connectivity index is 2.63. The van der Waals surface area contributed by atoms with Crippen LogP contribution in [0.2, 0.25) is 0 Å². The predicted molar refractivity (Wildman–Crippen MR) is 80.7 cm³/mol. The fourth-order valence-electron chi connectivity index (χ4n) is 1.71. The van der Waals surface area contributed by atoms with Gasteiger partial charge in [-0.25, -0.2) is 4.79 Å². The molecule has 22 heavy (non-hydrogen) atoms. The number of carbonyl (C=O) groups excluding carboxylic acids is 1. The van der Waals surface area contributed by atoms with Crippen LogP contribution in [0.3, 0.4) is 0 Å². The predicted octanol–water partition coefficient (Wildman–Crippen LogP) is 1.72. The van der Waals surface area contributed by atoms with Gasteiger partial charge in [-0.3, -0.25) is 14.9 Å². The zero-order valence-corrected chi connectivity index (χ0v) is 12.7. The molecular formula is C14H19N3O5. The average Bonchev–Trinajstić information content (AvgIpc) is 2.46.